The maximum atomic E-state index is 12.2. The molecular formula is C24H27N7O3S. The van der Waals surface area contributed by atoms with E-state index in [2.05, 4.69) is 25.3 Å². The van der Waals surface area contributed by atoms with Crippen molar-refractivity contribution in [1.29, 1.82) is 0 Å². The zero-order valence-electron chi connectivity index (χ0n) is 19.3. The standard InChI is InChI=1S/C24H27N7O3S/c1-16-22(17-5-3-2-4-6-17)29-24(30-23(16)25-14-27-35(33,34)19-8-9-19)28-18-7-10-21-20(13-18)26-15-31(21)11-12-32/h2-7,10,13,15,19,27,32H,8-9,11-12,14H2,1H3,(H2,25,28,29,30). The first-order valence-corrected chi connectivity index (χ1v) is 13.0. The molecule has 0 bridgehead atoms. The number of nitrogens with zero attached hydrogens (tertiary/aromatic N) is 4. The molecule has 10 nitrogen and oxygen atoms in total. The molecule has 4 N–H and O–H groups in total. The van der Waals surface area contributed by atoms with Gasteiger partial charge < -0.3 is 20.3 Å². The molecule has 4 aromatic rings. The van der Waals surface area contributed by atoms with Gasteiger partial charge in [-0.05, 0) is 38.0 Å². The summed E-state index contributed by atoms with van der Waals surface area (Å²) in [6, 6.07) is 15.5. The van der Waals surface area contributed by atoms with Crippen molar-refractivity contribution < 1.29 is 13.5 Å². The van der Waals surface area contributed by atoms with Crippen LogP contribution >= 0.6 is 0 Å². The Bertz CT molecular complexity index is 1450. The van der Waals surface area contributed by atoms with E-state index in [4.69, 9.17) is 4.98 Å². The Labute approximate surface area is 203 Å². The Kier molecular flexibility index (Phi) is 6.37. The Morgan fingerprint density at radius 1 is 1.11 bits per heavy atom. The second-order valence-electron chi connectivity index (χ2n) is 8.47. The smallest absolute Gasteiger partial charge is 0.229 e. The van der Waals surface area contributed by atoms with Crippen molar-refractivity contribution in [3.63, 3.8) is 0 Å². The van der Waals surface area contributed by atoms with Gasteiger partial charge in [-0.15, -0.1) is 0 Å². The van der Waals surface area contributed by atoms with Gasteiger partial charge in [0.15, 0.2) is 0 Å². The normalized spacial score (nSPS) is 13.8. The monoisotopic (exact) mass is 493 g/mol. The van der Waals surface area contributed by atoms with E-state index >= 15 is 0 Å². The molecule has 0 unspecified atom stereocenters. The molecule has 2 aromatic carbocycles. The van der Waals surface area contributed by atoms with Crippen molar-refractivity contribution in [2.75, 3.05) is 23.9 Å². The lowest BCUT2D eigenvalue weighted by Crippen LogP contribution is -2.32. The van der Waals surface area contributed by atoms with Crippen molar-refractivity contribution in [3.8, 4) is 11.3 Å². The third-order valence-electron chi connectivity index (χ3n) is 5.90. The third-order valence-corrected chi connectivity index (χ3v) is 7.80. The molecule has 0 saturated heterocycles. The Morgan fingerprint density at radius 3 is 2.66 bits per heavy atom. The van der Waals surface area contributed by atoms with E-state index in [1.807, 2.05) is 60.0 Å². The number of rotatable bonds is 10. The summed E-state index contributed by atoms with van der Waals surface area (Å²) >= 11 is 0. The second kappa shape index (κ2) is 9.61. The number of fused-ring (bicyclic) bond motifs is 1. The summed E-state index contributed by atoms with van der Waals surface area (Å²) in [5, 5.41) is 15.3. The van der Waals surface area contributed by atoms with Gasteiger partial charge in [0, 0.05) is 23.4 Å². The van der Waals surface area contributed by atoms with E-state index in [9.17, 15) is 13.5 Å². The number of imidazole rings is 1. The molecule has 2 aromatic heterocycles. The van der Waals surface area contributed by atoms with Crippen LogP contribution in [0.25, 0.3) is 22.3 Å². The van der Waals surface area contributed by atoms with Gasteiger partial charge in [0.1, 0.15) is 5.82 Å². The number of hydrogen-bond donors (Lipinski definition) is 4. The van der Waals surface area contributed by atoms with E-state index in [1.54, 1.807) is 6.33 Å². The SMILES string of the molecule is Cc1c(NCNS(=O)(=O)C2CC2)nc(Nc2ccc3c(c2)ncn3CCO)nc1-c1ccccc1. The molecule has 35 heavy (non-hydrogen) atoms. The zero-order valence-corrected chi connectivity index (χ0v) is 20.1. The zero-order chi connectivity index (χ0) is 24.4. The maximum Gasteiger partial charge on any atom is 0.229 e. The van der Waals surface area contributed by atoms with Crippen molar-refractivity contribution >= 4 is 38.5 Å². The number of aliphatic hydroxyl groups excluding tert-OH is 1. The minimum atomic E-state index is -3.31. The number of hydrogen-bond acceptors (Lipinski definition) is 8. The molecule has 0 amide bonds. The van der Waals surface area contributed by atoms with Gasteiger partial charge in [-0.3, -0.25) is 0 Å². The van der Waals surface area contributed by atoms with Gasteiger partial charge in [0.05, 0.1) is 41.6 Å². The van der Waals surface area contributed by atoms with Gasteiger partial charge in [-0.25, -0.2) is 18.4 Å². The van der Waals surface area contributed by atoms with E-state index in [0.717, 1.165) is 33.5 Å². The molecule has 2 heterocycles. The van der Waals surface area contributed by atoms with E-state index in [-0.39, 0.29) is 18.5 Å². The largest absolute Gasteiger partial charge is 0.395 e. The van der Waals surface area contributed by atoms with E-state index in [0.29, 0.717) is 31.2 Å². The fourth-order valence-corrected chi connectivity index (χ4v) is 5.16. The summed E-state index contributed by atoms with van der Waals surface area (Å²) in [7, 11) is -3.31. The molecule has 182 valence electrons. The van der Waals surface area contributed by atoms with Crippen LogP contribution in [0.2, 0.25) is 0 Å². The lowest BCUT2D eigenvalue weighted by atomic mass is 10.1. The van der Waals surface area contributed by atoms with E-state index < -0.39 is 10.0 Å². The fraction of sp³-hybridized carbons (Fsp3) is 0.292. The Balaban J connectivity index is 1.44. The maximum absolute atomic E-state index is 12.2. The molecule has 1 aliphatic rings. The van der Waals surface area contributed by atoms with Crippen LogP contribution in [-0.2, 0) is 16.6 Å². The summed E-state index contributed by atoms with van der Waals surface area (Å²) < 4.78 is 28.9. The quantitative estimate of drug-likeness (QED) is 0.248. The van der Waals surface area contributed by atoms with Crippen LogP contribution < -0.4 is 15.4 Å². The highest BCUT2D eigenvalue weighted by Gasteiger charge is 2.35. The van der Waals surface area contributed by atoms with Crippen molar-refractivity contribution in [2.45, 2.75) is 31.6 Å². The molecule has 1 fully saturated rings. The summed E-state index contributed by atoms with van der Waals surface area (Å²) in [5.74, 6) is 0.907. The minimum Gasteiger partial charge on any atom is -0.395 e. The Hall–Kier alpha value is -3.54. The molecule has 11 heteroatoms. The third kappa shape index (κ3) is 5.11. The molecular weight excluding hydrogens is 466 g/mol. The van der Waals surface area contributed by atoms with Gasteiger partial charge in [-0.2, -0.15) is 9.71 Å². The van der Waals surface area contributed by atoms with Crippen LogP contribution in [0, 0.1) is 6.92 Å². The molecule has 1 aliphatic carbocycles. The predicted octanol–water partition coefficient (Wildman–Crippen LogP) is 2.99. The summed E-state index contributed by atoms with van der Waals surface area (Å²) in [6.07, 6.45) is 3.11. The summed E-state index contributed by atoms with van der Waals surface area (Å²) in [5.41, 5.74) is 4.94. The average Bonchev–Trinajstić information content (AvgIpc) is 3.65. The number of anilines is 3. The molecule has 0 radical (unpaired) electrons. The van der Waals surface area contributed by atoms with Crippen LogP contribution in [0.3, 0.4) is 0 Å². The topological polar surface area (TPSA) is 134 Å². The van der Waals surface area contributed by atoms with E-state index in [1.165, 1.54) is 0 Å². The van der Waals surface area contributed by atoms with Crippen molar-refractivity contribution in [1.82, 2.24) is 24.2 Å². The highest BCUT2D eigenvalue weighted by atomic mass is 32.2. The summed E-state index contributed by atoms with van der Waals surface area (Å²) in [6.45, 7) is 2.46. The lowest BCUT2D eigenvalue weighted by Gasteiger charge is -2.15. The van der Waals surface area contributed by atoms with Gasteiger partial charge >= 0.3 is 0 Å². The first-order chi connectivity index (χ1) is 16.9. The second-order valence-corrected chi connectivity index (χ2v) is 10.5. The number of aliphatic hydroxyl groups is 1. The van der Waals surface area contributed by atoms with Gasteiger partial charge in [0.2, 0.25) is 16.0 Å². The lowest BCUT2D eigenvalue weighted by molar-refractivity contribution is 0.278. The van der Waals surface area contributed by atoms with Crippen LogP contribution in [0.4, 0.5) is 17.5 Å². The molecule has 1 saturated carbocycles. The van der Waals surface area contributed by atoms with Crippen LogP contribution in [0.15, 0.2) is 54.9 Å². The van der Waals surface area contributed by atoms with Crippen molar-refractivity contribution in [2.24, 2.45) is 0 Å². The number of benzene rings is 2. The summed E-state index contributed by atoms with van der Waals surface area (Å²) in [4.78, 5) is 13.8. The van der Waals surface area contributed by atoms with Gasteiger partial charge in [-0.1, -0.05) is 30.3 Å². The first-order valence-electron chi connectivity index (χ1n) is 11.4. The van der Waals surface area contributed by atoms with Crippen LogP contribution in [0.1, 0.15) is 18.4 Å². The van der Waals surface area contributed by atoms with Gasteiger partial charge in [0.25, 0.3) is 0 Å². The minimum absolute atomic E-state index is 0.0392. The fourth-order valence-electron chi connectivity index (χ4n) is 3.89. The number of aromatic nitrogens is 4. The molecule has 0 spiro atoms. The Morgan fingerprint density at radius 2 is 1.91 bits per heavy atom. The number of nitrogens with one attached hydrogen (secondary N) is 3. The van der Waals surface area contributed by atoms with Crippen LogP contribution in [-0.4, -0.2) is 51.6 Å². The number of sulfonamides is 1. The van der Waals surface area contributed by atoms with Crippen molar-refractivity contribution in [3.05, 3.63) is 60.4 Å². The highest BCUT2D eigenvalue weighted by Crippen LogP contribution is 2.29. The van der Waals surface area contributed by atoms with Crippen LogP contribution in [0.5, 0.6) is 0 Å². The predicted molar refractivity (Wildman–Crippen MR) is 136 cm³/mol. The molecule has 5 rings (SSSR count). The first kappa shape index (κ1) is 23.2. The molecule has 0 aliphatic heterocycles. The molecule has 0 atom stereocenters. The highest BCUT2D eigenvalue weighted by molar-refractivity contribution is 7.90. The average molecular weight is 494 g/mol.